The molecule has 4 aliphatic heterocycles. The van der Waals surface area contributed by atoms with Crippen LogP contribution in [-0.4, -0.2) is 231 Å². The number of benzene rings is 4. The van der Waals surface area contributed by atoms with Crippen LogP contribution in [0.15, 0.2) is 85.5 Å². The third-order valence-electron chi connectivity index (χ3n) is 24.1. The molecule has 1 saturated carbocycles. The van der Waals surface area contributed by atoms with E-state index in [0.717, 1.165) is 44.9 Å². The predicted octanol–water partition coefficient (Wildman–Crippen LogP) is 17.0. The number of likely N-dealkylation sites (tertiary alicyclic amines) is 2. The molecule has 132 heavy (non-hydrogen) atoms. The maximum atomic E-state index is 14.5. The molecule has 8 aromatic rings. The molecule has 15 atom stereocenters. The number of amides is 2. The number of carboxylic acids is 1. The first-order chi connectivity index (χ1) is 62.1. The van der Waals surface area contributed by atoms with Gasteiger partial charge in [-0.25, -0.2) is 54.3 Å². The van der Waals surface area contributed by atoms with Crippen LogP contribution in [0.3, 0.4) is 0 Å². The average Bonchev–Trinajstić information content (AvgIpc) is 1.64. The number of carbonyl (C=O) groups is 7. The first-order valence-electron chi connectivity index (χ1n) is 44.0. The third kappa shape index (κ3) is 25.9. The van der Waals surface area contributed by atoms with E-state index in [1.807, 2.05) is 61.5 Å². The van der Waals surface area contributed by atoms with Crippen molar-refractivity contribution in [2.45, 2.75) is 240 Å². The molecule has 5 aliphatic rings. The van der Waals surface area contributed by atoms with Crippen molar-refractivity contribution in [2.75, 3.05) is 68.8 Å². The maximum absolute atomic E-state index is 14.5. The topological polar surface area (TPSA) is 393 Å². The highest BCUT2D eigenvalue weighted by atomic mass is 35.5. The van der Waals surface area contributed by atoms with Gasteiger partial charge < -0.3 is 82.2 Å². The molecule has 0 unspecified atom stereocenters. The Labute approximate surface area is 791 Å². The van der Waals surface area contributed by atoms with Gasteiger partial charge in [-0.3, -0.25) is 24.1 Å². The number of hydrogen-bond donors (Lipinski definition) is 3. The fourth-order valence-corrected chi connectivity index (χ4v) is 18.0. The average molecular weight is 1910 g/mol. The van der Waals surface area contributed by atoms with Crippen LogP contribution in [0.2, 0.25) is 20.6 Å². The second kappa shape index (κ2) is 46.0. The second-order valence-corrected chi connectivity index (χ2v) is 37.5. The summed E-state index contributed by atoms with van der Waals surface area (Å²) in [6.45, 7) is 31.2. The normalized spacial score (nSPS) is 22.9. The van der Waals surface area contributed by atoms with E-state index >= 15 is 0 Å². The molecule has 4 aromatic heterocycles. The van der Waals surface area contributed by atoms with Crippen LogP contribution >= 0.6 is 46.4 Å². The fourth-order valence-electron chi connectivity index (χ4n) is 17.3. The number of nitrogens with one attached hydrogen (secondary N) is 2. The molecule has 0 spiro atoms. The minimum atomic E-state index is -0.919. The van der Waals surface area contributed by atoms with Crippen LogP contribution in [-0.2, 0) is 52.5 Å². The van der Waals surface area contributed by atoms with E-state index in [4.69, 9.17) is 108 Å². The first-order valence-corrected chi connectivity index (χ1v) is 45.5. The lowest BCUT2D eigenvalue weighted by Crippen LogP contribution is -2.49. The summed E-state index contributed by atoms with van der Waals surface area (Å²) in [5, 5.41) is 15.9. The van der Waals surface area contributed by atoms with Crippen molar-refractivity contribution in [3.8, 4) is 46.5 Å². The van der Waals surface area contributed by atoms with Crippen molar-refractivity contribution in [2.24, 2.45) is 40.9 Å². The van der Waals surface area contributed by atoms with Gasteiger partial charge in [-0.15, -0.1) is 6.58 Å². The zero-order chi connectivity index (χ0) is 95.9. The van der Waals surface area contributed by atoms with Gasteiger partial charge in [-0.1, -0.05) is 108 Å². The molecule has 33 nitrogen and oxygen atoms in total. The Morgan fingerprint density at radius 2 is 0.879 bits per heavy atom. The quantitative estimate of drug-likeness (QED) is 0.0177. The fraction of sp³-hybridized carbons (Fsp3) is 0.568. The van der Waals surface area contributed by atoms with Crippen molar-refractivity contribution in [3.05, 3.63) is 106 Å². The van der Waals surface area contributed by atoms with Crippen LogP contribution in [0.4, 0.5) is 4.79 Å². The SMILES string of the molecule is C.C=CCCC[C@@H]1CCC[C@@]1(C)OC(=O)C[C@H](C(=O)N1C[C@H](Oc2nc3cc(OC)ccc3nc2Cl)[C@@H](CC)[C@H]1C(=O)OC)C(C)(C)C.CC[C@@H]1[C@@H](Oc2nc3cc(OC)ccc3nc2Cl)CN(C(=O)OC(C)(C)C)[C@@H]1C(=O)OC(C)(C)C.CC[C@@H]1[C@@H](Oc2nc3cc(OC)ccc3nc2Cl)CN[C@@H]1C(=O)O.CC[C@@H]1[C@@H](Oc2nc3cc(OC)ccc3nc2Cl)CN[C@@H]1C(=O)OC. The summed E-state index contributed by atoms with van der Waals surface area (Å²) in [5.74, 6) is -1.23. The van der Waals surface area contributed by atoms with Gasteiger partial charge in [0, 0.05) is 61.0 Å². The molecule has 0 bridgehead atoms. The second-order valence-electron chi connectivity index (χ2n) is 36.0. The zero-order valence-electron chi connectivity index (χ0n) is 78.0. The molecule has 720 valence electrons. The maximum Gasteiger partial charge on any atom is 0.411 e. The Kier molecular flexibility index (Phi) is 36.7. The van der Waals surface area contributed by atoms with E-state index in [9.17, 15) is 38.7 Å². The largest absolute Gasteiger partial charge is 0.497 e. The molecule has 13 rings (SSSR count). The number of unbranched alkanes of at least 4 members (excludes halogenated alkanes) is 1. The number of halogens is 4. The van der Waals surface area contributed by atoms with Crippen molar-refractivity contribution in [3.63, 3.8) is 0 Å². The third-order valence-corrected chi connectivity index (χ3v) is 25.0. The molecule has 3 N–H and O–H groups in total. The summed E-state index contributed by atoms with van der Waals surface area (Å²) in [7, 11) is 8.97. The number of hydrogen-bond acceptors (Lipinski definition) is 30. The Bertz CT molecular complexity index is 5390. The number of aromatic nitrogens is 8. The van der Waals surface area contributed by atoms with Gasteiger partial charge in [-0.2, -0.15) is 0 Å². The smallest absolute Gasteiger partial charge is 0.411 e. The zero-order valence-corrected chi connectivity index (χ0v) is 81.0. The number of aliphatic carboxylic acids is 1. The number of carboxylic acid groups (broad SMARTS) is 1. The highest BCUT2D eigenvalue weighted by Gasteiger charge is 2.55. The van der Waals surface area contributed by atoms with Crippen molar-refractivity contribution >= 4 is 132 Å². The summed E-state index contributed by atoms with van der Waals surface area (Å²) < 4.78 is 72.9. The van der Waals surface area contributed by atoms with Gasteiger partial charge in [0.25, 0.3) is 23.5 Å². The van der Waals surface area contributed by atoms with Gasteiger partial charge in [0.15, 0.2) is 20.6 Å². The van der Waals surface area contributed by atoms with Crippen LogP contribution < -0.4 is 48.5 Å². The van der Waals surface area contributed by atoms with Crippen LogP contribution in [0.5, 0.6) is 46.5 Å². The lowest BCUT2D eigenvalue weighted by atomic mass is 9.77. The number of esters is 4. The number of allylic oxidation sites excluding steroid dienone is 1. The van der Waals surface area contributed by atoms with E-state index in [0.29, 0.717) is 99.5 Å². The van der Waals surface area contributed by atoms with Crippen LogP contribution in [0.1, 0.15) is 175 Å². The van der Waals surface area contributed by atoms with E-state index < -0.39 is 100 Å². The molecule has 4 aromatic carbocycles. The molecule has 0 radical (unpaired) electrons. The molecule has 37 heteroatoms. The van der Waals surface area contributed by atoms with Gasteiger partial charge in [0.1, 0.15) is 88.4 Å². The Hall–Kier alpha value is -10.5. The van der Waals surface area contributed by atoms with Crippen LogP contribution in [0.25, 0.3) is 44.1 Å². The Morgan fingerprint density at radius 1 is 0.508 bits per heavy atom. The van der Waals surface area contributed by atoms with Crippen LogP contribution in [0, 0.1) is 40.9 Å². The van der Waals surface area contributed by atoms with E-state index in [-0.39, 0.29) is 119 Å². The minimum Gasteiger partial charge on any atom is -0.497 e. The number of fused-ring (bicyclic) bond motifs is 4. The number of nitrogens with zero attached hydrogens (tertiary/aromatic N) is 10. The molecule has 8 heterocycles. The number of ether oxygens (including phenoxy) is 13. The van der Waals surface area contributed by atoms with Gasteiger partial charge in [-0.05, 0) is 173 Å². The number of rotatable bonds is 28. The summed E-state index contributed by atoms with van der Waals surface area (Å²) >= 11 is 25.3. The highest BCUT2D eigenvalue weighted by molar-refractivity contribution is 6.32. The van der Waals surface area contributed by atoms with Gasteiger partial charge in [0.05, 0.1) is 112 Å². The summed E-state index contributed by atoms with van der Waals surface area (Å²) in [4.78, 5) is 129. The van der Waals surface area contributed by atoms with E-state index in [1.165, 1.54) is 24.0 Å². The molecule has 5 fully saturated rings. The standard InChI is InChI=1S/C36H50ClN3O7.C25H34ClN3O6.C17H20ClN3O4.C16H18ClN3O4.CH4/c1-9-11-12-14-22-15-13-18-36(22,6)47-29(41)20-25(35(3,4)5)33(42)40-21-28(24(10-2)30(40)34(43)45-8)46-32-31(37)38-26-17-16-23(44-7)19-27(26)39-32;1-9-15-18(33-21-20(26)27-16-11-10-14(32-8)12-17(16)28-21)13-29(23(31)35-25(5,6)7)19(15)22(30)34-24(2,3)4;1-4-10-13(8-19-14(10)17(22)24-3)25-16-15(18)20-11-6-5-9(23-2)7-12(11)21-16;1-3-9-12(7-18-13(9)16(21)22)24-15-14(17)19-10-5-4-8(23-2)6-11(10)20-15;/h9,16-17,19,22,24-25,28,30H,1,10-15,18,20-21H2,2-8H3;10-12,15,18-19H,9,13H2,1-8H3;5-7,10,13-14,19H,4,8H2,1-3H3;4-6,9,12-13,18H,3,7H2,1-2H3,(H,21,22);1H4/t22-,24-,25-,28+,30+,36-;15-,18+,19+;10-,13+,14+;9-,12+,13+;/m1111./s1. The Morgan fingerprint density at radius 3 is 1.23 bits per heavy atom. The van der Waals surface area contributed by atoms with Gasteiger partial charge in [0.2, 0.25) is 5.91 Å². The van der Waals surface area contributed by atoms with Crippen molar-refractivity contribution in [1.82, 2.24) is 60.3 Å². The van der Waals surface area contributed by atoms with Crippen molar-refractivity contribution < 1.29 is 100 Å². The molecular formula is C95H126Cl4N12O21. The summed E-state index contributed by atoms with van der Waals surface area (Å²) in [6.07, 6.45) is 7.57. The monoisotopic (exact) mass is 1910 g/mol. The molecule has 4 saturated heterocycles. The molecule has 2 amide bonds. The number of methoxy groups -OCH3 is 6. The molecule has 1 aliphatic carbocycles. The molecular weight excluding hydrogens is 1790 g/mol. The Balaban J connectivity index is 0.000000205. The summed E-state index contributed by atoms with van der Waals surface area (Å²) in [5.41, 5.74) is 2.11. The van der Waals surface area contributed by atoms with Gasteiger partial charge >= 0.3 is 35.9 Å². The number of carbonyl (C=O) groups excluding carboxylic acids is 6. The van der Waals surface area contributed by atoms with E-state index in [1.54, 1.807) is 143 Å². The lowest BCUT2D eigenvalue weighted by Gasteiger charge is -2.36. The minimum absolute atomic E-state index is 0. The van der Waals surface area contributed by atoms with Crippen molar-refractivity contribution in [1.29, 1.82) is 0 Å². The first kappa shape index (κ1) is 105. The lowest BCUT2D eigenvalue weighted by molar-refractivity contribution is -0.167. The van der Waals surface area contributed by atoms with E-state index in [2.05, 4.69) is 57.1 Å². The summed E-state index contributed by atoms with van der Waals surface area (Å²) in [6, 6.07) is 18.3. The highest BCUT2D eigenvalue weighted by Crippen LogP contribution is 2.45. The predicted molar refractivity (Wildman–Crippen MR) is 501 cm³/mol.